The Labute approximate surface area is 223 Å². The Balaban J connectivity index is 1.57. The van der Waals surface area contributed by atoms with Gasteiger partial charge in [-0.2, -0.15) is 0 Å². The van der Waals surface area contributed by atoms with E-state index in [0.717, 1.165) is 15.7 Å². The van der Waals surface area contributed by atoms with Crippen LogP contribution in [0, 0.1) is 0 Å². The van der Waals surface area contributed by atoms with Crippen molar-refractivity contribution in [1.29, 1.82) is 0 Å². The smallest absolute Gasteiger partial charge is 0.333 e. The number of carbonyl (C=O) groups is 1. The van der Waals surface area contributed by atoms with E-state index >= 15 is 0 Å². The highest BCUT2D eigenvalue weighted by atomic mass is 16.5. The van der Waals surface area contributed by atoms with Crippen LogP contribution in [-0.2, 0) is 24.4 Å². The number of nitrogens with zero attached hydrogens (tertiary/aromatic N) is 4. The Hall–Kier alpha value is -5.12. The van der Waals surface area contributed by atoms with Crippen molar-refractivity contribution in [2.75, 3.05) is 19.5 Å². The van der Waals surface area contributed by atoms with Crippen molar-refractivity contribution in [3.8, 4) is 11.5 Å². The number of imidazole rings is 1. The highest BCUT2D eigenvalue weighted by Crippen LogP contribution is 2.25. The van der Waals surface area contributed by atoms with Gasteiger partial charge >= 0.3 is 5.69 Å². The first-order valence-corrected chi connectivity index (χ1v) is 12.3. The molecule has 0 atom stereocenters. The Morgan fingerprint density at radius 1 is 0.821 bits per heavy atom. The van der Waals surface area contributed by atoms with Gasteiger partial charge in [-0.15, -0.1) is 0 Å². The average Bonchev–Trinajstić information content (AvgIpc) is 3.37. The van der Waals surface area contributed by atoms with Crippen LogP contribution in [0.2, 0.25) is 0 Å². The van der Waals surface area contributed by atoms with Crippen LogP contribution in [0.15, 0.2) is 94.8 Å². The van der Waals surface area contributed by atoms with E-state index in [1.54, 1.807) is 29.1 Å². The molecule has 0 fully saturated rings. The average molecular weight is 526 g/mol. The molecule has 0 unspecified atom stereocenters. The van der Waals surface area contributed by atoms with Crippen molar-refractivity contribution < 1.29 is 14.3 Å². The number of aromatic nitrogens is 4. The lowest BCUT2D eigenvalue weighted by molar-refractivity contribution is -0.116. The van der Waals surface area contributed by atoms with Crippen molar-refractivity contribution in [2.45, 2.75) is 19.6 Å². The third-order valence-electron chi connectivity index (χ3n) is 6.30. The zero-order valence-electron chi connectivity index (χ0n) is 21.5. The third-order valence-corrected chi connectivity index (χ3v) is 6.30. The van der Waals surface area contributed by atoms with Crippen molar-refractivity contribution in [3.63, 3.8) is 0 Å². The summed E-state index contributed by atoms with van der Waals surface area (Å²) in [7, 11) is 3.01. The van der Waals surface area contributed by atoms with Crippen molar-refractivity contribution >= 4 is 22.8 Å². The Bertz CT molecular complexity index is 1720. The summed E-state index contributed by atoms with van der Waals surface area (Å²) in [6, 6.07) is 23.9. The number of anilines is 1. The number of hydrogen-bond acceptors (Lipinski definition) is 6. The van der Waals surface area contributed by atoms with Crippen LogP contribution in [0.3, 0.4) is 0 Å². The second kappa shape index (κ2) is 11.1. The number of hydrogen-bond donors (Lipinski definition) is 1. The zero-order chi connectivity index (χ0) is 27.4. The third kappa shape index (κ3) is 5.45. The molecule has 0 aliphatic heterocycles. The minimum Gasteiger partial charge on any atom is -0.497 e. The summed E-state index contributed by atoms with van der Waals surface area (Å²) in [6.45, 7) is 0.0812. The number of fused-ring (bicyclic) bond motifs is 1. The van der Waals surface area contributed by atoms with E-state index in [9.17, 15) is 14.4 Å². The van der Waals surface area contributed by atoms with E-state index in [2.05, 4.69) is 10.3 Å². The van der Waals surface area contributed by atoms with Gasteiger partial charge in [0.05, 0.1) is 27.1 Å². The number of amides is 1. The van der Waals surface area contributed by atoms with Crippen molar-refractivity contribution in [3.05, 3.63) is 117 Å². The largest absolute Gasteiger partial charge is 0.497 e. The predicted octanol–water partition coefficient (Wildman–Crippen LogP) is 3.11. The number of ether oxygens (including phenoxy) is 2. The molecule has 2 aromatic heterocycles. The summed E-state index contributed by atoms with van der Waals surface area (Å²) in [5.74, 6) is 0.417. The monoisotopic (exact) mass is 525 g/mol. The highest BCUT2D eigenvalue weighted by molar-refractivity contribution is 5.91. The zero-order valence-corrected chi connectivity index (χ0v) is 21.5. The molecule has 1 N–H and O–H groups in total. The standard InChI is InChI=1S/C29H27N5O5/c1-38-23-13-22(14-24(15-23)39-2)31-25(35)18-34-28(36)26-27(30-19-32(26)16-20-9-5-3-6-10-20)33(29(34)37)17-21-11-7-4-8-12-21/h3-15,19H,16-18H2,1-2H3,(H,31,35). The van der Waals surface area contributed by atoms with Crippen LogP contribution in [0.1, 0.15) is 11.1 Å². The highest BCUT2D eigenvalue weighted by Gasteiger charge is 2.20. The molecule has 5 rings (SSSR count). The topological polar surface area (TPSA) is 109 Å². The molecule has 1 amide bonds. The molecule has 0 spiro atoms. The molecule has 10 nitrogen and oxygen atoms in total. The summed E-state index contributed by atoms with van der Waals surface area (Å²) in [5.41, 5.74) is 1.52. The number of nitrogens with one attached hydrogen (secondary N) is 1. The van der Waals surface area contributed by atoms with Gasteiger partial charge in [0, 0.05) is 30.4 Å². The van der Waals surface area contributed by atoms with Gasteiger partial charge in [0.2, 0.25) is 5.91 Å². The molecule has 5 aromatic rings. The minimum absolute atomic E-state index is 0.188. The summed E-state index contributed by atoms with van der Waals surface area (Å²) < 4.78 is 14.6. The second-order valence-electron chi connectivity index (χ2n) is 8.93. The SMILES string of the molecule is COc1cc(NC(=O)Cn2c(=O)c3c(ncn3Cc3ccccc3)n(Cc3ccccc3)c2=O)cc(OC)c1. The summed E-state index contributed by atoms with van der Waals surface area (Å²) in [5, 5.41) is 2.73. The molecule has 0 aliphatic rings. The maximum Gasteiger partial charge on any atom is 0.333 e. The fourth-order valence-corrected chi connectivity index (χ4v) is 4.41. The molecule has 39 heavy (non-hydrogen) atoms. The van der Waals surface area contributed by atoms with Gasteiger partial charge in [-0.1, -0.05) is 60.7 Å². The van der Waals surface area contributed by atoms with E-state index in [-0.39, 0.29) is 17.7 Å². The fraction of sp³-hybridized carbons (Fsp3) is 0.172. The summed E-state index contributed by atoms with van der Waals surface area (Å²) >= 11 is 0. The van der Waals surface area contributed by atoms with Crippen molar-refractivity contribution in [1.82, 2.24) is 18.7 Å². The van der Waals surface area contributed by atoms with Crippen molar-refractivity contribution in [2.24, 2.45) is 0 Å². The second-order valence-corrected chi connectivity index (χ2v) is 8.93. The fourth-order valence-electron chi connectivity index (χ4n) is 4.41. The maximum absolute atomic E-state index is 13.7. The molecule has 2 heterocycles. The van der Waals surface area contributed by atoms with Crippen LogP contribution >= 0.6 is 0 Å². The van der Waals surface area contributed by atoms with E-state index in [0.29, 0.717) is 23.7 Å². The van der Waals surface area contributed by atoms with Gasteiger partial charge in [0.1, 0.15) is 18.0 Å². The lowest BCUT2D eigenvalue weighted by Crippen LogP contribution is -2.43. The molecule has 0 aliphatic carbocycles. The Morgan fingerprint density at radius 2 is 1.41 bits per heavy atom. The van der Waals surface area contributed by atoms with Gasteiger partial charge in [0.25, 0.3) is 5.56 Å². The first-order valence-electron chi connectivity index (χ1n) is 12.3. The number of benzene rings is 3. The summed E-state index contributed by atoms with van der Waals surface area (Å²) in [6.07, 6.45) is 1.55. The summed E-state index contributed by atoms with van der Waals surface area (Å²) in [4.78, 5) is 44.8. The van der Waals surface area contributed by atoms with Crippen LogP contribution in [0.4, 0.5) is 5.69 Å². The van der Waals surface area contributed by atoms with E-state index < -0.39 is 23.7 Å². The molecule has 3 aromatic carbocycles. The molecular weight excluding hydrogens is 498 g/mol. The number of rotatable bonds is 9. The molecule has 0 saturated carbocycles. The van der Waals surface area contributed by atoms with Crippen LogP contribution in [0.5, 0.6) is 11.5 Å². The van der Waals surface area contributed by atoms with Gasteiger partial charge in [-0.25, -0.2) is 14.3 Å². The molecular formula is C29H27N5O5. The van der Waals surface area contributed by atoms with Crippen LogP contribution in [0.25, 0.3) is 11.2 Å². The Kier molecular flexibility index (Phi) is 7.26. The molecule has 0 radical (unpaired) electrons. The van der Waals surface area contributed by atoms with E-state index in [1.165, 1.54) is 18.8 Å². The predicted molar refractivity (Wildman–Crippen MR) is 148 cm³/mol. The molecule has 198 valence electrons. The van der Waals surface area contributed by atoms with Gasteiger partial charge in [-0.3, -0.25) is 14.2 Å². The quantitative estimate of drug-likeness (QED) is 0.317. The first kappa shape index (κ1) is 25.5. The number of carbonyl (C=O) groups excluding carboxylic acids is 1. The van der Waals surface area contributed by atoms with Gasteiger partial charge in [-0.05, 0) is 11.1 Å². The van der Waals surface area contributed by atoms with E-state index in [1.807, 2.05) is 60.7 Å². The lowest BCUT2D eigenvalue weighted by atomic mass is 10.2. The van der Waals surface area contributed by atoms with E-state index in [4.69, 9.17) is 9.47 Å². The van der Waals surface area contributed by atoms with Gasteiger partial charge < -0.3 is 19.4 Å². The Morgan fingerprint density at radius 3 is 2.00 bits per heavy atom. The lowest BCUT2D eigenvalue weighted by Gasteiger charge is -2.14. The first-order chi connectivity index (χ1) is 19.0. The minimum atomic E-state index is -0.625. The normalized spacial score (nSPS) is 10.9. The maximum atomic E-state index is 13.7. The number of methoxy groups -OCH3 is 2. The van der Waals surface area contributed by atoms with Gasteiger partial charge in [0.15, 0.2) is 11.2 Å². The molecule has 0 bridgehead atoms. The van der Waals surface area contributed by atoms with Crippen LogP contribution in [-0.4, -0.2) is 38.8 Å². The van der Waals surface area contributed by atoms with Crippen LogP contribution < -0.4 is 26.0 Å². The molecule has 0 saturated heterocycles. The molecule has 10 heteroatoms.